The molecule has 2 N–H and O–H groups in total. The highest BCUT2D eigenvalue weighted by atomic mass is 15.1. The Morgan fingerprint density at radius 1 is 1.50 bits per heavy atom. The summed E-state index contributed by atoms with van der Waals surface area (Å²) in [5.41, 5.74) is 6.55. The topological polar surface area (TPSA) is 47.1 Å². The molecule has 0 fully saturated rings. The Kier molecular flexibility index (Phi) is 4.62. The molecule has 0 saturated heterocycles. The molecule has 4 heteroatoms. The van der Waals surface area contributed by atoms with Crippen molar-refractivity contribution in [3.05, 3.63) is 18.2 Å². The van der Waals surface area contributed by atoms with Crippen LogP contribution in [0, 0.1) is 0 Å². The van der Waals surface area contributed by atoms with Crippen LogP contribution < -0.4 is 5.73 Å². The number of imidazole rings is 1. The fourth-order valence-corrected chi connectivity index (χ4v) is 1.38. The number of aromatic nitrogens is 2. The Morgan fingerprint density at radius 3 is 2.93 bits per heavy atom. The molecule has 0 amide bonds. The second kappa shape index (κ2) is 5.78. The average molecular weight is 196 g/mol. The molecule has 80 valence electrons. The maximum absolute atomic E-state index is 5.45. The van der Waals surface area contributed by atoms with Crippen molar-refractivity contribution in [1.82, 2.24) is 14.5 Å². The molecular weight excluding hydrogens is 176 g/mol. The van der Waals surface area contributed by atoms with Crippen LogP contribution in [0.1, 0.15) is 12.1 Å². The third-order valence-corrected chi connectivity index (χ3v) is 2.11. The van der Waals surface area contributed by atoms with E-state index in [2.05, 4.69) is 34.7 Å². The van der Waals surface area contributed by atoms with Crippen molar-refractivity contribution < 1.29 is 0 Å². The first kappa shape index (κ1) is 11.2. The summed E-state index contributed by atoms with van der Waals surface area (Å²) in [5, 5.41) is 0. The largest absolute Gasteiger partial charge is 0.337 e. The van der Waals surface area contributed by atoms with Crippen molar-refractivity contribution in [2.24, 2.45) is 5.73 Å². The lowest BCUT2D eigenvalue weighted by Gasteiger charge is -2.08. The van der Waals surface area contributed by atoms with Crippen LogP contribution in [0.4, 0.5) is 0 Å². The molecule has 1 aromatic heterocycles. The van der Waals surface area contributed by atoms with Gasteiger partial charge >= 0.3 is 0 Å². The lowest BCUT2D eigenvalue weighted by Crippen LogP contribution is -2.14. The molecule has 0 radical (unpaired) electrons. The number of nitrogens with two attached hydrogens (primary N) is 1. The van der Waals surface area contributed by atoms with Crippen molar-refractivity contribution in [2.75, 3.05) is 27.2 Å². The zero-order chi connectivity index (χ0) is 10.4. The first-order chi connectivity index (χ1) is 6.72. The molecule has 0 atom stereocenters. The normalized spacial score (nSPS) is 11.1. The van der Waals surface area contributed by atoms with Crippen LogP contribution in [0.5, 0.6) is 0 Å². The number of aryl methyl sites for hydroxylation is 1. The molecule has 0 aliphatic rings. The Labute approximate surface area is 85.7 Å². The van der Waals surface area contributed by atoms with Crippen LogP contribution in [-0.4, -0.2) is 41.6 Å². The van der Waals surface area contributed by atoms with Crippen molar-refractivity contribution in [1.29, 1.82) is 0 Å². The van der Waals surface area contributed by atoms with Gasteiger partial charge in [0.2, 0.25) is 0 Å². The van der Waals surface area contributed by atoms with E-state index in [4.69, 9.17) is 5.73 Å². The van der Waals surface area contributed by atoms with Crippen molar-refractivity contribution in [2.45, 2.75) is 19.4 Å². The van der Waals surface area contributed by atoms with Crippen LogP contribution in [0.2, 0.25) is 0 Å². The summed E-state index contributed by atoms with van der Waals surface area (Å²) in [5.74, 6) is 0. The van der Waals surface area contributed by atoms with E-state index in [0.29, 0.717) is 6.54 Å². The van der Waals surface area contributed by atoms with Crippen LogP contribution in [0.25, 0.3) is 0 Å². The Morgan fingerprint density at radius 2 is 2.29 bits per heavy atom. The van der Waals surface area contributed by atoms with Gasteiger partial charge in [-0.2, -0.15) is 0 Å². The maximum Gasteiger partial charge on any atom is 0.0949 e. The van der Waals surface area contributed by atoms with Gasteiger partial charge in [-0.3, -0.25) is 0 Å². The fraction of sp³-hybridized carbons (Fsp3) is 0.700. The van der Waals surface area contributed by atoms with E-state index < -0.39 is 0 Å². The van der Waals surface area contributed by atoms with E-state index in [9.17, 15) is 0 Å². The smallest absolute Gasteiger partial charge is 0.0949 e. The van der Waals surface area contributed by atoms with E-state index in [0.717, 1.165) is 31.6 Å². The van der Waals surface area contributed by atoms with Crippen molar-refractivity contribution in [3.8, 4) is 0 Å². The highest BCUT2D eigenvalue weighted by molar-refractivity contribution is 4.96. The zero-order valence-corrected chi connectivity index (χ0v) is 9.11. The van der Waals surface area contributed by atoms with Gasteiger partial charge < -0.3 is 15.2 Å². The van der Waals surface area contributed by atoms with E-state index in [1.165, 1.54) is 0 Å². The predicted molar refractivity (Wildman–Crippen MR) is 58.2 cm³/mol. The molecule has 0 aliphatic carbocycles. The third kappa shape index (κ3) is 3.89. The number of nitrogens with zero attached hydrogens (tertiary/aromatic N) is 3. The molecule has 14 heavy (non-hydrogen) atoms. The minimum atomic E-state index is 0.675. The first-order valence-corrected chi connectivity index (χ1v) is 5.08. The summed E-state index contributed by atoms with van der Waals surface area (Å²) in [6, 6.07) is 0. The third-order valence-electron chi connectivity index (χ3n) is 2.11. The minimum absolute atomic E-state index is 0.675. The second-order valence-corrected chi connectivity index (χ2v) is 3.80. The minimum Gasteiger partial charge on any atom is -0.337 e. The van der Waals surface area contributed by atoms with Gasteiger partial charge in [0.25, 0.3) is 0 Å². The molecule has 1 heterocycles. The van der Waals surface area contributed by atoms with Gasteiger partial charge in [-0.15, -0.1) is 0 Å². The first-order valence-electron chi connectivity index (χ1n) is 5.08. The van der Waals surface area contributed by atoms with Gasteiger partial charge in [-0.25, -0.2) is 4.98 Å². The summed E-state index contributed by atoms with van der Waals surface area (Å²) in [6.45, 7) is 2.83. The van der Waals surface area contributed by atoms with Gasteiger partial charge in [-0.05, 0) is 33.6 Å². The van der Waals surface area contributed by atoms with Gasteiger partial charge in [0.15, 0.2) is 0 Å². The highest BCUT2D eigenvalue weighted by Crippen LogP contribution is 1.98. The summed E-state index contributed by atoms with van der Waals surface area (Å²) in [6.07, 6.45) is 6.01. The lowest BCUT2D eigenvalue weighted by molar-refractivity contribution is 0.386. The number of hydrogen-bond donors (Lipinski definition) is 1. The Balaban J connectivity index is 2.28. The summed E-state index contributed by atoms with van der Waals surface area (Å²) < 4.78 is 2.13. The lowest BCUT2D eigenvalue weighted by atomic mass is 10.3. The molecule has 1 rings (SSSR count). The molecule has 1 aromatic rings. The maximum atomic E-state index is 5.45. The van der Waals surface area contributed by atoms with Crippen LogP contribution in [-0.2, 0) is 13.0 Å². The van der Waals surface area contributed by atoms with Crippen LogP contribution in [0.3, 0.4) is 0 Å². The quantitative estimate of drug-likeness (QED) is 0.713. The van der Waals surface area contributed by atoms with E-state index >= 15 is 0 Å². The predicted octanol–water partition coefficient (Wildman–Crippen LogP) is 0.336. The number of hydrogen-bond acceptors (Lipinski definition) is 3. The molecular formula is C10H20N4. The van der Waals surface area contributed by atoms with E-state index in [1.807, 2.05) is 6.33 Å². The monoisotopic (exact) mass is 196 g/mol. The van der Waals surface area contributed by atoms with Crippen molar-refractivity contribution >= 4 is 0 Å². The summed E-state index contributed by atoms with van der Waals surface area (Å²) in [7, 11) is 4.18. The van der Waals surface area contributed by atoms with Crippen molar-refractivity contribution in [3.63, 3.8) is 0 Å². The SMILES string of the molecule is CN(C)CCCn1cnc(CCN)c1. The van der Waals surface area contributed by atoms with Gasteiger partial charge in [0.1, 0.15) is 0 Å². The summed E-state index contributed by atoms with van der Waals surface area (Å²) >= 11 is 0. The highest BCUT2D eigenvalue weighted by Gasteiger charge is 1.97. The van der Waals surface area contributed by atoms with Gasteiger partial charge in [0, 0.05) is 19.2 Å². The Bertz CT molecular complexity index is 254. The standard InChI is InChI=1S/C10H20N4/c1-13(2)6-3-7-14-8-10(4-5-11)12-9-14/h8-9H,3-7,11H2,1-2H3. The molecule has 0 bridgehead atoms. The van der Waals surface area contributed by atoms with Crippen LogP contribution in [0.15, 0.2) is 12.5 Å². The van der Waals surface area contributed by atoms with Gasteiger partial charge in [-0.1, -0.05) is 0 Å². The average Bonchev–Trinajstić information content (AvgIpc) is 2.53. The van der Waals surface area contributed by atoms with E-state index in [-0.39, 0.29) is 0 Å². The molecule has 0 saturated carbocycles. The van der Waals surface area contributed by atoms with Crippen LogP contribution >= 0.6 is 0 Å². The molecule has 0 aliphatic heterocycles. The molecule has 4 nitrogen and oxygen atoms in total. The Hall–Kier alpha value is -0.870. The molecule has 0 aromatic carbocycles. The van der Waals surface area contributed by atoms with Gasteiger partial charge in [0.05, 0.1) is 12.0 Å². The number of rotatable bonds is 6. The molecule has 0 spiro atoms. The summed E-state index contributed by atoms with van der Waals surface area (Å²) in [4.78, 5) is 6.47. The molecule has 0 unspecified atom stereocenters. The van der Waals surface area contributed by atoms with E-state index in [1.54, 1.807) is 0 Å². The zero-order valence-electron chi connectivity index (χ0n) is 9.11. The second-order valence-electron chi connectivity index (χ2n) is 3.80. The fourth-order valence-electron chi connectivity index (χ4n) is 1.38.